The molecular formula is C23H31N5OS+2. The third-order valence-corrected chi connectivity index (χ3v) is 6.47. The number of methoxy groups -OCH3 is 1. The summed E-state index contributed by atoms with van der Waals surface area (Å²) in [5.41, 5.74) is 2.63. The number of hydrogen-bond acceptors (Lipinski definition) is 3. The minimum Gasteiger partial charge on any atom is -0.497 e. The Balaban J connectivity index is 1.32. The minimum atomic E-state index is 0.807. The van der Waals surface area contributed by atoms with Crippen LogP contribution in [-0.2, 0) is 26.7 Å². The Labute approximate surface area is 183 Å². The molecule has 1 aliphatic rings. The molecule has 0 bridgehead atoms. The maximum absolute atomic E-state index is 5.66. The van der Waals surface area contributed by atoms with Crippen LogP contribution >= 0.6 is 12.2 Å². The van der Waals surface area contributed by atoms with Crippen molar-refractivity contribution in [1.29, 1.82) is 0 Å². The number of nitrogens with zero attached hydrogens (tertiary/aromatic N) is 3. The van der Waals surface area contributed by atoms with Crippen LogP contribution < -0.4 is 14.5 Å². The molecule has 2 heterocycles. The van der Waals surface area contributed by atoms with Gasteiger partial charge >= 0.3 is 0 Å². The molecule has 158 valence electrons. The lowest BCUT2D eigenvalue weighted by Gasteiger charge is -2.29. The average molecular weight is 426 g/mol. The van der Waals surface area contributed by atoms with Gasteiger partial charge < -0.3 is 19.1 Å². The standard InChI is InChI=1S/C23H29N5OS/c1-25-22(16-19-6-4-3-5-7-19)24-28(23(25)30)18-27-14-12-26(13-15-27)17-20-8-10-21(29-2)11-9-20/h3-11H,12-18H2,1-2H3/p+2. The van der Waals surface area contributed by atoms with Crippen LogP contribution in [0.4, 0.5) is 0 Å². The fourth-order valence-corrected chi connectivity index (χ4v) is 4.31. The zero-order valence-electron chi connectivity index (χ0n) is 17.8. The molecule has 30 heavy (non-hydrogen) atoms. The van der Waals surface area contributed by atoms with E-state index in [0.29, 0.717) is 0 Å². The Morgan fingerprint density at radius 1 is 0.933 bits per heavy atom. The molecule has 1 fully saturated rings. The van der Waals surface area contributed by atoms with Gasteiger partial charge in [0.15, 0.2) is 6.67 Å². The van der Waals surface area contributed by atoms with Crippen molar-refractivity contribution < 1.29 is 14.5 Å². The van der Waals surface area contributed by atoms with Crippen LogP contribution in [0.25, 0.3) is 0 Å². The van der Waals surface area contributed by atoms with E-state index in [1.807, 2.05) is 34.5 Å². The number of quaternary nitrogens is 2. The number of ether oxygens (including phenoxy) is 1. The number of piperazine rings is 1. The van der Waals surface area contributed by atoms with Crippen LogP contribution in [-0.4, -0.2) is 47.6 Å². The van der Waals surface area contributed by atoms with Crippen molar-refractivity contribution in [2.24, 2.45) is 7.05 Å². The molecule has 0 atom stereocenters. The molecule has 0 aliphatic carbocycles. The highest BCUT2D eigenvalue weighted by atomic mass is 32.1. The summed E-state index contributed by atoms with van der Waals surface area (Å²) in [6, 6.07) is 18.9. The summed E-state index contributed by atoms with van der Waals surface area (Å²) < 4.78 is 10.1. The molecule has 2 aromatic carbocycles. The van der Waals surface area contributed by atoms with Crippen molar-refractivity contribution in [3.8, 4) is 5.75 Å². The van der Waals surface area contributed by atoms with E-state index in [4.69, 9.17) is 22.1 Å². The summed E-state index contributed by atoms with van der Waals surface area (Å²) in [5.74, 6) is 1.94. The average Bonchev–Trinajstić information content (AvgIpc) is 3.04. The predicted molar refractivity (Wildman–Crippen MR) is 119 cm³/mol. The number of rotatable bonds is 7. The van der Waals surface area contributed by atoms with Gasteiger partial charge in [0.05, 0.1) is 7.11 Å². The first-order valence-corrected chi connectivity index (χ1v) is 11.0. The first-order chi connectivity index (χ1) is 14.6. The Morgan fingerprint density at radius 2 is 1.60 bits per heavy atom. The molecule has 3 aromatic rings. The SMILES string of the molecule is COc1ccc(C[NH+]2CC[NH+](Cn3nc(Cc4ccccc4)n(C)c3=S)CC2)cc1. The van der Waals surface area contributed by atoms with E-state index in [-0.39, 0.29) is 0 Å². The molecule has 0 amide bonds. The van der Waals surface area contributed by atoms with E-state index in [1.165, 1.54) is 24.2 Å². The summed E-state index contributed by atoms with van der Waals surface area (Å²) >= 11 is 5.66. The summed E-state index contributed by atoms with van der Waals surface area (Å²) in [5, 5.41) is 4.84. The van der Waals surface area contributed by atoms with Crippen molar-refractivity contribution in [1.82, 2.24) is 14.3 Å². The van der Waals surface area contributed by atoms with Crippen LogP contribution in [0.2, 0.25) is 0 Å². The summed E-state index contributed by atoms with van der Waals surface area (Å²) in [7, 11) is 3.73. The summed E-state index contributed by atoms with van der Waals surface area (Å²) in [6.07, 6.45) is 0.809. The van der Waals surface area contributed by atoms with E-state index in [9.17, 15) is 0 Å². The van der Waals surface area contributed by atoms with Gasteiger partial charge in [0, 0.05) is 19.0 Å². The summed E-state index contributed by atoms with van der Waals surface area (Å²) in [6.45, 7) is 6.52. The first-order valence-electron chi connectivity index (χ1n) is 10.6. The van der Waals surface area contributed by atoms with Gasteiger partial charge in [-0.3, -0.25) is 0 Å². The number of nitrogens with one attached hydrogen (secondary N) is 2. The number of hydrogen-bond donors (Lipinski definition) is 2. The Bertz CT molecular complexity index is 1000. The molecule has 0 unspecified atom stereocenters. The highest BCUT2D eigenvalue weighted by molar-refractivity contribution is 7.71. The molecule has 0 spiro atoms. The third-order valence-electron chi connectivity index (χ3n) is 5.99. The van der Waals surface area contributed by atoms with Crippen molar-refractivity contribution in [2.45, 2.75) is 19.6 Å². The van der Waals surface area contributed by atoms with Gasteiger partial charge in [-0.15, -0.1) is 0 Å². The predicted octanol–water partition coefficient (Wildman–Crippen LogP) is 0.492. The molecule has 1 aliphatic heterocycles. The van der Waals surface area contributed by atoms with Crippen LogP contribution in [0.15, 0.2) is 54.6 Å². The van der Waals surface area contributed by atoms with Crippen LogP contribution in [0.3, 0.4) is 0 Å². The number of benzene rings is 2. The second-order valence-electron chi connectivity index (χ2n) is 8.10. The van der Waals surface area contributed by atoms with Crippen molar-refractivity contribution in [3.63, 3.8) is 0 Å². The smallest absolute Gasteiger partial charge is 0.202 e. The van der Waals surface area contributed by atoms with Crippen molar-refractivity contribution in [2.75, 3.05) is 33.3 Å². The molecule has 6 nitrogen and oxygen atoms in total. The minimum absolute atomic E-state index is 0.807. The van der Waals surface area contributed by atoms with E-state index < -0.39 is 0 Å². The number of aromatic nitrogens is 3. The highest BCUT2D eigenvalue weighted by Gasteiger charge is 2.24. The molecule has 4 rings (SSSR count). The van der Waals surface area contributed by atoms with Crippen molar-refractivity contribution >= 4 is 12.2 Å². The van der Waals surface area contributed by atoms with Gasteiger partial charge in [0.25, 0.3) is 0 Å². The van der Waals surface area contributed by atoms with E-state index >= 15 is 0 Å². The van der Waals surface area contributed by atoms with Gasteiger partial charge in [-0.2, -0.15) is 9.78 Å². The normalized spacial score (nSPS) is 19.0. The Hall–Kier alpha value is -2.48. The lowest BCUT2D eigenvalue weighted by molar-refractivity contribution is -1.03. The van der Waals surface area contributed by atoms with Crippen LogP contribution in [0.5, 0.6) is 5.75 Å². The summed E-state index contributed by atoms with van der Waals surface area (Å²) in [4.78, 5) is 3.19. The van der Waals surface area contributed by atoms with E-state index in [1.54, 1.807) is 16.9 Å². The fourth-order valence-electron chi connectivity index (χ4n) is 4.10. The first kappa shape index (κ1) is 20.8. The van der Waals surface area contributed by atoms with Gasteiger partial charge in [0.2, 0.25) is 4.77 Å². The Morgan fingerprint density at radius 3 is 2.27 bits per heavy atom. The maximum Gasteiger partial charge on any atom is 0.202 e. The molecule has 0 saturated carbocycles. The third kappa shape index (κ3) is 4.98. The highest BCUT2D eigenvalue weighted by Crippen LogP contribution is 2.10. The molecule has 2 N–H and O–H groups in total. The van der Waals surface area contributed by atoms with E-state index in [0.717, 1.165) is 49.1 Å². The molecule has 0 radical (unpaired) electrons. The zero-order valence-corrected chi connectivity index (χ0v) is 18.6. The van der Waals surface area contributed by atoms with Crippen LogP contribution in [0.1, 0.15) is 17.0 Å². The molecule has 1 saturated heterocycles. The molecular weight excluding hydrogens is 394 g/mol. The van der Waals surface area contributed by atoms with Gasteiger partial charge in [-0.1, -0.05) is 30.3 Å². The van der Waals surface area contributed by atoms with Gasteiger partial charge in [-0.25, -0.2) is 0 Å². The van der Waals surface area contributed by atoms with Gasteiger partial charge in [0.1, 0.15) is 44.3 Å². The second-order valence-corrected chi connectivity index (χ2v) is 8.47. The monoisotopic (exact) mass is 425 g/mol. The van der Waals surface area contributed by atoms with Crippen molar-refractivity contribution in [3.05, 3.63) is 76.3 Å². The molecule has 7 heteroatoms. The second kappa shape index (κ2) is 9.55. The zero-order chi connectivity index (χ0) is 20.9. The Kier molecular flexibility index (Phi) is 6.62. The lowest BCUT2D eigenvalue weighted by Crippen LogP contribution is -3.27. The van der Waals surface area contributed by atoms with Crippen LogP contribution in [0, 0.1) is 4.77 Å². The largest absolute Gasteiger partial charge is 0.497 e. The molecule has 1 aromatic heterocycles. The van der Waals surface area contributed by atoms with E-state index in [2.05, 4.69) is 36.4 Å². The maximum atomic E-state index is 5.66. The topological polar surface area (TPSA) is 40.9 Å². The quantitative estimate of drug-likeness (QED) is 0.542. The van der Waals surface area contributed by atoms with Gasteiger partial charge in [-0.05, 0) is 42.0 Å². The fraction of sp³-hybridized carbons (Fsp3) is 0.391. The lowest BCUT2D eigenvalue weighted by atomic mass is 10.1.